The molecule has 0 aliphatic carbocycles. The molecule has 17 heavy (non-hydrogen) atoms. The third-order valence-electron chi connectivity index (χ3n) is 1.97. The van der Waals surface area contributed by atoms with Crippen LogP contribution in [0.15, 0.2) is 46.0 Å². The van der Waals surface area contributed by atoms with E-state index in [1.807, 2.05) is 24.3 Å². The van der Waals surface area contributed by atoms with Gasteiger partial charge in [-0.05, 0) is 24.3 Å². The van der Waals surface area contributed by atoms with Crippen molar-refractivity contribution in [1.29, 1.82) is 0 Å². The lowest BCUT2D eigenvalue weighted by Crippen LogP contribution is -2.13. The van der Waals surface area contributed by atoms with Crippen LogP contribution in [0.2, 0.25) is 0 Å². The monoisotopic (exact) mass is 311 g/mol. The fourth-order valence-electron chi connectivity index (χ4n) is 1.20. The van der Waals surface area contributed by atoms with Crippen molar-refractivity contribution >= 4 is 39.3 Å². The van der Waals surface area contributed by atoms with E-state index in [4.69, 9.17) is 0 Å². The van der Waals surface area contributed by atoms with Crippen LogP contribution < -0.4 is 5.32 Å². The standard InChI is InChI=1S/C11H10BrN3OS/c12-8-1-3-10(4-2-8)17-7-11(16)15-9-5-13-14-6-9/h1-6H,7H2,(H,13,14)(H,15,16). The molecule has 1 aromatic carbocycles. The third-order valence-corrected chi connectivity index (χ3v) is 3.51. The predicted octanol–water partition coefficient (Wildman–Crippen LogP) is 2.90. The molecular weight excluding hydrogens is 302 g/mol. The Bertz CT molecular complexity index is 484. The van der Waals surface area contributed by atoms with Crippen LogP contribution in [0.5, 0.6) is 0 Å². The molecule has 1 amide bonds. The lowest BCUT2D eigenvalue weighted by molar-refractivity contribution is -0.113. The number of nitrogens with one attached hydrogen (secondary N) is 2. The first-order valence-corrected chi connectivity index (χ1v) is 6.69. The number of amides is 1. The second-order valence-corrected chi connectivity index (χ2v) is 5.24. The summed E-state index contributed by atoms with van der Waals surface area (Å²) in [5.41, 5.74) is 0.686. The molecule has 1 aromatic heterocycles. The van der Waals surface area contributed by atoms with E-state index in [-0.39, 0.29) is 5.91 Å². The molecule has 0 fully saturated rings. The number of aromatic amines is 1. The van der Waals surface area contributed by atoms with Gasteiger partial charge in [0.15, 0.2) is 0 Å². The number of H-pyrrole nitrogens is 1. The fraction of sp³-hybridized carbons (Fsp3) is 0.0909. The number of thioether (sulfide) groups is 1. The first-order chi connectivity index (χ1) is 8.24. The van der Waals surface area contributed by atoms with E-state index in [0.717, 1.165) is 9.37 Å². The quantitative estimate of drug-likeness (QED) is 0.854. The smallest absolute Gasteiger partial charge is 0.234 e. The molecule has 0 radical (unpaired) electrons. The minimum absolute atomic E-state index is 0.0423. The van der Waals surface area contributed by atoms with Crippen molar-refractivity contribution in [2.45, 2.75) is 4.90 Å². The zero-order valence-corrected chi connectivity index (χ0v) is 11.2. The number of aromatic nitrogens is 2. The Labute approximate surface area is 111 Å². The van der Waals surface area contributed by atoms with Gasteiger partial charge in [-0.2, -0.15) is 5.10 Å². The molecule has 2 N–H and O–H groups in total. The Morgan fingerprint density at radius 3 is 2.82 bits per heavy atom. The number of halogens is 1. The van der Waals surface area contributed by atoms with Crippen molar-refractivity contribution in [3.05, 3.63) is 41.1 Å². The molecule has 0 aliphatic heterocycles. The SMILES string of the molecule is O=C(CSc1ccc(Br)cc1)Nc1cn[nH]c1. The number of hydrogen-bond acceptors (Lipinski definition) is 3. The van der Waals surface area contributed by atoms with Gasteiger partial charge >= 0.3 is 0 Å². The molecular formula is C11H10BrN3OS. The molecule has 0 bridgehead atoms. The molecule has 0 atom stereocenters. The van der Waals surface area contributed by atoms with Crippen molar-refractivity contribution in [2.24, 2.45) is 0 Å². The van der Waals surface area contributed by atoms with Crippen LogP contribution in [0.25, 0.3) is 0 Å². The van der Waals surface area contributed by atoms with Gasteiger partial charge in [-0.15, -0.1) is 11.8 Å². The Balaban J connectivity index is 1.82. The number of rotatable bonds is 4. The van der Waals surface area contributed by atoms with E-state index in [1.165, 1.54) is 11.8 Å². The number of benzene rings is 1. The highest BCUT2D eigenvalue weighted by atomic mass is 79.9. The number of anilines is 1. The highest BCUT2D eigenvalue weighted by Gasteiger charge is 2.04. The number of carbonyl (C=O) groups is 1. The van der Waals surface area contributed by atoms with Gasteiger partial charge in [0.25, 0.3) is 0 Å². The number of nitrogens with zero attached hydrogens (tertiary/aromatic N) is 1. The van der Waals surface area contributed by atoms with Crippen molar-refractivity contribution in [1.82, 2.24) is 10.2 Å². The highest BCUT2D eigenvalue weighted by Crippen LogP contribution is 2.20. The summed E-state index contributed by atoms with van der Waals surface area (Å²) in [6.07, 6.45) is 3.21. The van der Waals surface area contributed by atoms with E-state index in [9.17, 15) is 4.79 Å². The average molecular weight is 312 g/mol. The minimum atomic E-state index is -0.0423. The molecule has 2 aromatic rings. The van der Waals surface area contributed by atoms with Gasteiger partial charge in [0.1, 0.15) is 0 Å². The molecule has 0 aliphatic rings. The molecule has 2 rings (SSSR count). The molecule has 0 unspecified atom stereocenters. The van der Waals surface area contributed by atoms with E-state index >= 15 is 0 Å². The number of carbonyl (C=O) groups excluding carboxylic acids is 1. The maximum atomic E-state index is 11.6. The summed E-state index contributed by atoms with van der Waals surface area (Å²) in [6.45, 7) is 0. The summed E-state index contributed by atoms with van der Waals surface area (Å²) in [5, 5.41) is 9.13. The summed E-state index contributed by atoms with van der Waals surface area (Å²) >= 11 is 4.86. The first-order valence-electron chi connectivity index (χ1n) is 4.91. The third kappa shape index (κ3) is 3.90. The zero-order valence-electron chi connectivity index (χ0n) is 8.81. The molecule has 0 saturated heterocycles. The second-order valence-electron chi connectivity index (χ2n) is 3.28. The average Bonchev–Trinajstić information content (AvgIpc) is 2.81. The normalized spacial score (nSPS) is 10.2. The van der Waals surface area contributed by atoms with Gasteiger partial charge in [0.2, 0.25) is 5.91 Å². The minimum Gasteiger partial charge on any atom is -0.323 e. The summed E-state index contributed by atoms with van der Waals surface area (Å²) in [7, 11) is 0. The van der Waals surface area contributed by atoms with Gasteiger partial charge in [-0.3, -0.25) is 9.89 Å². The van der Waals surface area contributed by atoms with Crippen LogP contribution in [-0.4, -0.2) is 21.9 Å². The summed E-state index contributed by atoms with van der Waals surface area (Å²) in [4.78, 5) is 12.6. The van der Waals surface area contributed by atoms with Crippen LogP contribution in [0.4, 0.5) is 5.69 Å². The van der Waals surface area contributed by atoms with Gasteiger partial charge in [-0.1, -0.05) is 15.9 Å². The van der Waals surface area contributed by atoms with Crippen LogP contribution in [0.3, 0.4) is 0 Å². The lowest BCUT2D eigenvalue weighted by Gasteiger charge is -2.02. The van der Waals surface area contributed by atoms with Crippen LogP contribution in [0.1, 0.15) is 0 Å². The molecule has 0 saturated carbocycles. The molecule has 1 heterocycles. The van der Waals surface area contributed by atoms with E-state index in [2.05, 4.69) is 31.4 Å². The van der Waals surface area contributed by atoms with Crippen LogP contribution in [-0.2, 0) is 4.79 Å². The van der Waals surface area contributed by atoms with Crippen molar-refractivity contribution in [3.8, 4) is 0 Å². The van der Waals surface area contributed by atoms with Crippen LogP contribution in [0, 0.1) is 0 Å². The largest absolute Gasteiger partial charge is 0.323 e. The Kier molecular flexibility index (Phi) is 4.22. The van der Waals surface area contributed by atoms with Gasteiger partial charge < -0.3 is 5.32 Å². The molecule has 88 valence electrons. The van der Waals surface area contributed by atoms with E-state index < -0.39 is 0 Å². The Hall–Kier alpha value is -1.27. The van der Waals surface area contributed by atoms with E-state index in [0.29, 0.717) is 11.4 Å². The predicted molar refractivity (Wildman–Crippen MR) is 72.1 cm³/mol. The topological polar surface area (TPSA) is 57.8 Å². The van der Waals surface area contributed by atoms with Crippen molar-refractivity contribution < 1.29 is 4.79 Å². The van der Waals surface area contributed by atoms with Crippen LogP contribution >= 0.6 is 27.7 Å². The molecule has 6 heteroatoms. The lowest BCUT2D eigenvalue weighted by atomic mass is 10.4. The van der Waals surface area contributed by atoms with Gasteiger partial charge in [-0.25, -0.2) is 0 Å². The first kappa shape index (κ1) is 12.2. The van der Waals surface area contributed by atoms with Gasteiger partial charge in [0, 0.05) is 15.6 Å². The summed E-state index contributed by atoms with van der Waals surface area (Å²) in [6, 6.07) is 7.85. The second kappa shape index (κ2) is 5.88. The van der Waals surface area contributed by atoms with Gasteiger partial charge in [0.05, 0.1) is 17.6 Å². The fourth-order valence-corrected chi connectivity index (χ4v) is 2.16. The van der Waals surface area contributed by atoms with Crippen molar-refractivity contribution in [3.63, 3.8) is 0 Å². The van der Waals surface area contributed by atoms with E-state index in [1.54, 1.807) is 12.4 Å². The Morgan fingerprint density at radius 2 is 2.18 bits per heavy atom. The zero-order chi connectivity index (χ0) is 12.1. The number of hydrogen-bond donors (Lipinski definition) is 2. The maximum Gasteiger partial charge on any atom is 0.234 e. The summed E-state index contributed by atoms with van der Waals surface area (Å²) < 4.78 is 1.03. The molecule has 0 spiro atoms. The molecule has 4 nitrogen and oxygen atoms in total. The van der Waals surface area contributed by atoms with Crippen molar-refractivity contribution in [2.75, 3.05) is 11.1 Å². The Morgan fingerprint density at radius 1 is 1.41 bits per heavy atom. The summed E-state index contributed by atoms with van der Waals surface area (Å²) in [5.74, 6) is 0.339. The highest BCUT2D eigenvalue weighted by molar-refractivity contribution is 9.10. The maximum absolute atomic E-state index is 11.6.